The Labute approximate surface area is 49.0 Å². The van der Waals surface area contributed by atoms with E-state index in [4.69, 9.17) is 0 Å². The zero-order valence-electron chi connectivity index (χ0n) is 4.77. The minimum atomic E-state index is 0.796. The predicted molar refractivity (Wildman–Crippen MR) is 34.2 cm³/mol. The second kappa shape index (κ2) is 2.05. The average Bonchev–Trinajstić information content (AvgIpc) is 1.23. The van der Waals surface area contributed by atoms with E-state index in [0.717, 1.165) is 12.0 Å². The van der Waals surface area contributed by atoms with Crippen molar-refractivity contribution in [1.82, 2.24) is 4.72 Å². The second-order valence-electron chi connectivity index (χ2n) is 2.28. The molecule has 1 fully saturated rings. The number of nitrogens with one attached hydrogen (secondary N) is 1. The molecule has 1 heterocycles. The van der Waals surface area contributed by atoms with Crippen LogP contribution in [-0.2, 0) is 0 Å². The van der Waals surface area contributed by atoms with Gasteiger partial charge < -0.3 is 0 Å². The number of rotatable bonds is 1. The molecule has 0 amide bonds. The van der Waals surface area contributed by atoms with Crippen molar-refractivity contribution in [1.29, 1.82) is 0 Å². The largest absolute Gasteiger partial charge is 0.260 e. The lowest BCUT2D eigenvalue weighted by atomic mass is 10.1. The van der Waals surface area contributed by atoms with Gasteiger partial charge in [-0.1, -0.05) is 25.8 Å². The topological polar surface area (TPSA) is 12.0 Å². The first-order valence-electron chi connectivity index (χ1n) is 2.68. The zero-order chi connectivity index (χ0) is 5.28. The summed E-state index contributed by atoms with van der Waals surface area (Å²) in [5, 5.41) is 0. The van der Waals surface area contributed by atoms with Gasteiger partial charge in [0.2, 0.25) is 0 Å². The van der Waals surface area contributed by atoms with Gasteiger partial charge in [0.05, 0.1) is 0 Å². The first kappa shape index (κ1) is 5.45. The Morgan fingerprint density at radius 3 is 2.29 bits per heavy atom. The molecule has 0 spiro atoms. The lowest BCUT2D eigenvalue weighted by Crippen LogP contribution is -2.41. The maximum absolute atomic E-state index is 3.26. The number of hydrogen-bond donors (Lipinski definition) is 1. The molecule has 1 aliphatic rings. The van der Waals surface area contributed by atoms with E-state index in [1.807, 2.05) is 11.9 Å². The molecular weight excluding hydrogens is 106 g/mol. The Bertz CT molecular complexity index is 59.1. The molecule has 2 heteroatoms. The van der Waals surface area contributed by atoms with E-state index in [1.165, 1.54) is 5.75 Å². The molecule has 0 bridgehead atoms. The standard InChI is InChI=1S/C5H11NS/c1-4(2)5-3-7-6-5/h4-6H,3H2,1-2H3. The lowest BCUT2D eigenvalue weighted by Gasteiger charge is -2.29. The van der Waals surface area contributed by atoms with E-state index in [1.54, 1.807) is 0 Å². The van der Waals surface area contributed by atoms with Crippen LogP contribution in [0.5, 0.6) is 0 Å². The van der Waals surface area contributed by atoms with Crippen LogP contribution in [0.3, 0.4) is 0 Å². The molecule has 1 N–H and O–H groups in total. The predicted octanol–water partition coefficient (Wildman–Crippen LogP) is 1.26. The minimum Gasteiger partial charge on any atom is -0.260 e. The summed E-state index contributed by atoms with van der Waals surface area (Å²) >= 11 is 1.82. The first-order valence-corrected chi connectivity index (χ1v) is 3.66. The third kappa shape index (κ3) is 1.10. The van der Waals surface area contributed by atoms with Gasteiger partial charge >= 0.3 is 0 Å². The van der Waals surface area contributed by atoms with Crippen LogP contribution in [0.4, 0.5) is 0 Å². The van der Waals surface area contributed by atoms with Crippen LogP contribution in [0.2, 0.25) is 0 Å². The molecule has 0 aromatic rings. The van der Waals surface area contributed by atoms with Crippen LogP contribution < -0.4 is 4.72 Å². The van der Waals surface area contributed by atoms with E-state index >= 15 is 0 Å². The van der Waals surface area contributed by atoms with Gasteiger partial charge in [0, 0.05) is 11.8 Å². The molecule has 0 aliphatic carbocycles. The molecule has 7 heavy (non-hydrogen) atoms. The van der Waals surface area contributed by atoms with Crippen LogP contribution in [0.25, 0.3) is 0 Å². The van der Waals surface area contributed by atoms with Crippen molar-refractivity contribution in [3.05, 3.63) is 0 Å². The van der Waals surface area contributed by atoms with E-state index in [-0.39, 0.29) is 0 Å². The summed E-state index contributed by atoms with van der Waals surface area (Å²) in [6, 6.07) is 0.796. The maximum atomic E-state index is 3.26. The van der Waals surface area contributed by atoms with Gasteiger partial charge in [0.25, 0.3) is 0 Å². The Balaban J connectivity index is 2.14. The number of hydrogen-bond acceptors (Lipinski definition) is 2. The van der Waals surface area contributed by atoms with E-state index in [9.17, 15) is 0 Å². The van der Waals surface area contributed by atoms with Gasteiger partial charge in [-0.15, -0.1) is 0 Å². The highest BCUT2D eigenvalue weighted by molar-refractivity contribution is 7.98. The van der Waals surface area contributed by atoms with Crippen molar-refractivity contribution in [2.75, 3.05) is 5.75 Å². The zero-order valence-corrected chi connectivity index (χ0v) is 5.59. The molecule has 0 saturated carbocycles. The first-order chi connectivity index (χ1) is 3.30. The third-order valence-electron chi connectivity index (χ3n) is 1.30. The minimum absolute atomic E-state index is 0.796. The van der Waals surface area contributed by atoms with Gasteiger partial charge in [-0.3, -0.25) is 4.72 Å². The van der Waals surface area contributed by atoms with Crippen LogP contribution in [0, 0.1) is 5.92 Å². The average molecular weight is 117 g/mol. The highest BCUT2D eigenvalue weighted by Gasteiger charge is 2.19. The van der Waals surface area contributed by atoms with Gasteiger partial charge in [-0.2, -0.15) is 0 Å². The Morgan fingerprint density at radius 1 is 1.71 bits per heavy atom. The summed E-state index contributed by atoms with van der Waals surface area (Å²) in [6.07, 6.45) is 0. The highest BCUT2D eigenvalue weighted by atomic mass is 32.2. The molecule has 1 atom stereocenters. The fourth-order valence-corrected chi connectivity index (χ4v) is 1.52. The molecule has 1 unspecified atom stereocenters. The van der Waals surface area contributed by atoms with Gasteiger partial charge in [0.1, 0.15) is 0 Å². The Hall–Kier alpha value is 0.310. The van der Waals surface area contributed by atoms with E-state index in [0.29, 0.717) is 0 Å². The SMILES string of the molecule is CC(C)C1CSN1. The Morgan fingerprint density at radius 2 is 2.29 bits per heavy atom. The molecule has 0 aromatic carbocycles. The summed E-state index contributed by atoms with van der Waals surface area (Å²) in [6.45, 7) is 4.49. The molecule has 1 saturated heterocycles. The third-order valence-corrected chi connectivity index (χ3v) is 2.30. The smallest absolute Gasteiger partial charge is 0.0298 e. The summed E-state index contributed by atoms with van der Waals surface area (Å²) in [5.74, 6) is 2.12. The fourth-order valence-electron chi connectivity index (χ4n) is 0.508. The van der Waals surface area contributed by atoms with Crippen molar-refractivity contribution in [3.63, 3.8) is 0 Å². The van der Waals surface area contributed by atoms with Crippen molar-refractivity contribution in [2.45, 2.75) is 19.9 Å². The summed E-state index contributed by atoms with van der Waals surface area (Å²) < 4.78 is 3.26. The van der Waals surface area contributed by atoms with Crippen molar-refractivity contribution in [2.24, 2.45) is 5.92 Å². The lowest BCUT2D eigenvalue weighted by molar-refractivity contribution is 0.484. The second-order valence-corrected chi connectivity index (χ2v) is 3.14. The van der Waals surface area contributed by atoms with Gasteiger partial charge in [-0.05, 0) is 5.92 Å². The molecule has 1 rings (SSSR count). The molecule has 1 nitrogen and oxygen atoms in total. The molecular formula is C5H11NS. The van der Waals surface area contributed by atoms with E-state index < -0.39 is 0 Å². The van der Waals surface area contributed by atoms with Gasteiger partial charge in [-0.25, -0.2) is 0 Å². The molecule has 42 valence electrons. The van der Waals surface area contributed by atoms with Crippen molar-refractivity contribution in [3.8, 4) is 0 Å². The fraction of sp³-hybridized carbons (Fsp3) is 1.00. The maximum Gasteiger partial charge on any atom is 0.0298 e. The normalized spacial score (nSPS) is 30.4. The summed E-state index contributed by atoms with van der Waals surface area (Å²) in [7, 11) is 0. The van der Waals surface area contributed by atoms with E-state index in [2.05, 4.69) is 18.6 Å². The monoisotopic (exact) mass is 117 g/mol. The molecule has 0 aromatic heterocycles. The van der Waals surface area contributed by atoms with Gasteiger partial charge in [0.15, 0.2) is 0 Å². The van der Waals surface area contributed by atoms with Crippen LogP contribution in [0.15, 0.2) is 0 Å². The van der Waals surface area contributed by atoms with Crippen molar-refractivity contribution >= 4 is 11.9 Å². The van der Waals surface area contributed by atoms with Crippen LogP contribution >= 0.6 is 11.9 Å². The van der Waals surface area contributed by atoms with Crippen molar-refractivity contribution < 1.29 is 0 Å². The van der Waals surface area contributed by atoms with Crippen LogP contribution in [0.1, 0.15) is 13.8 Å². The molecule has 1 aliphatic heterocycles. The summed E-state index contributed by atoms with van der Waals surface area (Å²) in [5.41, 5.74) is 0. The van der Waals surface area contributed by atoms with Crippen LogP contribution in [-0.4, -0.2) is 11.8 Å². The summed E-state index contributed by atoms with van der Waals surface area (Å²) in [4.78, 5) is 0. The molecule has 0 radical (unpaired) electrons. The highest BCUT2D eigenvalue weighted by Crippen LogP contribution is 2.18. The quantitative estimate of drug-likeness (QED) is 0.519. The Kier molecular flexibility index (Phi) is 1.60.